The first kappa shape index (κ1) is 18.6. The van der Waals surface area contributed by atoms with Crippen LogP contribution in [-0.4, -0.2) is 52.1 Å². The molecule has 1 atom stereocenters. The van der Waals surface area contributed by atoms with E-state index in [0.29, 0.717) is 31.1 Å². The molecule has 9 heteroatoms. The lowest BCUT2D eigenvalue weighted by Gasteiger charge is -2.31. The van der Waals surface area contributed by atoms with E-state index in [4.69, 9.17) is 9.47 Å². The van der Waals surface area contributed by atoms with Crippen molar-refractivity contribution in [1.29, 1.82) is 0 Å². The van der Waals surface area contributed by atoms with Crippen molar-refractivity contribution in [2.24, 2.45) is 0 Å². The first-order valence-corrected chi connectivity index (χ1v) is 8.46. The van der Waals surface area contributed by atoms with Gasteiger partial charge in [0.25, 0.3) is 5.88 Å². The number of hydrogen-bond donors (Lipinski definition) is 1. The summed E-state index contributed by atoms with van der Waals surface area (Å²) in [7, 11) is 1.52. The van der Waals surface area contributed by atoms with Gasteiger partial charge in [0.2, 0.25) is 23.6 Å². The van der Waals surface area contributed by atoms with E-state index >= 15 is 0 Å². The Bertz CT molecular complexity index is 815. The van der Waals surface area contributed by atoms with Gasteiger partial charge >= 0.3 is 0 Å². The highest BCUT2D eigenvalue weighted by molar-refractivity contribution is 5.87. The molecule has 8 nitrogen and oxygen atoms in total. The van der Waals surface area contributed by atoms with Gasteiger partial charge in [0.1, 0.15) is 6.10 Å². The van der Waals surface area contributed by atoms with Gasteiger partial charge in [0.05, 0.1) is 31.7 Å². The normalized spacial score (nSPS) is 16.5. The van der Waals surface area contributed by atoms with E-state index in [0.717, 1.165) is 12.6 Å². The van der Waals surface area contributed by atoms with Gasteiger partial charge in [-0.2, -0.15) is 9.37 Å². The lowest BCUT2D eigenvalue weighted by Crippen LogP contribution is -2.43. The van der Waals surface area contributed by atoms with E-state index in [9.17, 15) is 9.18 Å². The number of carbonyl (C=O) groups excluding carboxylic acids is 1. The summed E-state index contributed by atoms with van der Waals surface area (Å²) in [6.07, 6.45) is 4.97. The summed E-state index contributed by atoms with van der Waals surface area (Å²) in [6.45, 7) is 4.48. The Morgan fingerprint density at radius 3 is 2.96 bits per heavy atom. The number of likely N-dealkylation sites (tertiary alicyclic amines) is 1. The summed E-state index contributed by atoms with van der Waals surface area (Å²) in [5, 5.41) is 2.93. The number of nitrogens with zero attached hydrogens (tertiary/aromatic N) is 4. The molecule has 0 bridgehead atoms. The molecule has 27 heavy (non-hydrogen) atoms. The van der Waals surface area contributed by atoms with Crippen LogP contribution in [0, 0.1) is 5.82 Å². The number of pyridine rings is 1. The average Bonchev–Trinajstić information content (AvgIpc) is 2.70. The van der Waals surface area contributed by atoms with Crippen molar-refractivity contribution in [1.82, 2.24) is 19.9 Å². The Hall–Kier alpha value is -3.23. The maximum absolute atomic E-state index is 14.1. The number of ether oxygens (including phenoxy) is 2. The Balaban J connectivity index is 1.69. The smallest absolute Gasteiger partial charge is 0.255 e. The van der Waals surface area contributed by atoms with E-state index in [1.54, 1.807) is 23.2 Å². The van der Waals surface area contributed by atoms with Crippen LogP contribution in [0.5, 0.6) is 11.8 Å². The topological polar surface area (TPSA) is 89.5 Å². The molecular formula is C18H20FN5O3. The van der Waals surface area contributed by atoms with Gasteiger partial charge in [0.15, 0.2) is 0 Å². The number of halogens is 1. The summed E-state index contributed by atoms with van der Waals surface area (Å²) in [4.78, 5) is 25.5. The average molecular weight is 373 g/mol. The van der Waals surface area contributed by atoms with E-state index < -0.39 is 5.82 Å². The van der Waals surface area contributed by atoms with Crippen LogP contribution in [0.4, 0.5) is 16.0 Å². The van der Waals surface area contributed by atoms with Crippen molar-refractivity contribution in [3.05, 3.63) is 43.0 Å². The van der Waals surface area contributed by atoms with Crippen molar-refractivity contribution < 1.29 is 18.7 Å². The molecule has 3 heterocycles. The van der Waals surface area contributed by atoms with E-state index in [1.165, 1.54) is 13.2 Å². The third-order valence-corrected chi connectivity index (χ3v) is 4.06. The molecule has 0 spiro atoms. The summed E-state index contributed by atoms with van der Waals surface area (Å²) in [6, 6.07) is 3.41. The van der Waals surface area contributed by atoms with Crippen molar-refractivity contribution >= 4 is 17.5 Å². The van der Waals surface area contributed by atoms with Gasteiger partial charge in [0, 0.05) is 12.6 Å². The van der Waals surface area contributed by atoms with Crippen molar-refractivity contribution in [2.75, 3.05) is 25.5 Å². The molecule has 1 amide bonds. The van der Waals surface area contributed by atoms with Crippen LogP contribution in [0.15, 0.2) is 37.2 Å². The van der Waals surface area contributed by atoms with Gasteiger partial charge in [-0.25, -0.2) is 9.97 Å². The monoisotopic (exact) mass is 373 g/mol. The van der Waals surface area contributed by atoms with Crippen LogP contribution in [-0.2, 0) is 4.79 Å². The number of anilines is 2. The molecule has 1 N–H and O–H groups in total. The first-order chi connectivity index (χ1) is 13.1. The second-order valence-electron chi connectivity index (χ2n) is 5.93. The highest BCUT2D eigenvalue weighted by atomic mass is 19.1. The second kappa shape index (κ2) is 8.43. The molecule has 1 fully saturated rings. The Morgan fingerprint density at radius 2 is 2.26 bits per heavy atom. The van der Waals surface area contributed by atoms with Gasteiger partial charge in [-0.05, 0) is 25.0 Å². The van der Waals surface area contributed by atoms with Gasteiger partial charge < -0.3 is 19.7 Å². The number of aromatic nitrogens is 3. The molecule has 2 aromatic rings. The maximum Gasteiger partial charge on any atom is 0.255 e. The van der Waals surface area contributed by atoms with E-state index in [-0.39, 0.29) is 23.8 Å². The molecule has 0 aliphatic carbocycles. The fourth-order valence-electron chi connectivity index (χ4n) is 2.72. The number of rotatable bonds is 6. The highest BCUT2D eigenvalue weighted by Crippen LogP contribution is 2.22. The summed E-state index contributed by atoms with van der Waals surface area (Å²) in [5.41, 5.74) is 0.619. The summed E-state index contributed by atoms with van der Waals surface area (Å²) >= 11 is 0. The molecule has 0 radical (unpaired) electrons. The van der Waals surface area contributed by atoms with Crippen LogP contribution in [0.2, 0.25) is 0 Å². The van der Waals surface area contributed by atoms with Crippen LogP contribution >= 0.6 is 0 Å². The number of nitrogens with one attached hydrogen (secondary N) is 1. The molecular weight excluding hydrogens is 353 g/mol. The van der Waals surface area contributed by atoms with Crippen molar-refractivity contribution in [3.8, 4) is 11.8 Å². The zero-order chi connectivity index (χ0) is 19.2. The minimum absolute atomic E-state index is 0.160. The second-order valence-corrected chi connectivity index (χ2v) is 5.93. The van der Waals surface area contributed by atoms with Crippen molar-refractivity contribution in [3.63, 3.8) is 0 Å². The summed E-state index contributed by atoms with van der Waals surface area (Å²) in [5.74, 6) is -0.345. The number of amides is 1. The predicted octanol–water partition coefficient (Wildman–Crippen LogP) is 2.32. The standard InChI is InChI=1S/C18H20FN5O3/c1-3-16(25)24-8-4-5-13(11-24)27-17-14(19)10-21-18(23-17)22-12-6-7-15(26-2)20-9-12/h3,6-7,9-10,13H,1,4-5,8,11H2,2H3,(H,21,22,23)/t13-/m1/s1. The van der Waals surface area contributed by atoms with E-state index in [2.05, 4.69) is 26.8 Å². The molecule has 0 saturated carbocycles. The molecule has 0 aromatic carbocycles. The first-order valence-electron chi connectivity index (χ1n) is 8.46. The molecule has 3 rings (SSSR count). The van der Waals surface area contributed by atoms with Crippen molar-refractivity contribution in [2.45, 2.75) is 18.9 Å². The largest absolute Gasteiger partial charge is 0.481 e. The lowest BCUT2D eigenvalue weighted by molar-refractivity contribution is -0.128. The van der Waals surface area contributed by atoms with Crippen LogP contribution in [0.3, 0.4) is 0 Å². The minimum atomic E-state index is -0.666. The number of methoxy groups -OCH3 is 1. The lowest BCUT2D eigenvalue weighted by atomic mass is 10.1. The van der Waals surface area contributed by atoms with Crippen LogP contribution < -0.4 is 14.8 Å². The van der Waals surface area contributed by atoms with Gasteiger partial charge in [-0.3, -0.25) is 4.79 Å². The minimum Gasteiger partial charge on any atom is -0.481 e. The molecule has 1 aliphatic rings. The molecule has 1 saturated heterocycles. The fourth-order valence-corrected chi connectivity index (χ4v) is 2.72. The predicted molar refractivity (Wildman–Crippen MR) is 96.5 cm³/mol. The van der Waals surface area contributed by atoms with Gasteiger partial charge in [-0.1, -0.05) is 6.58 Å². The number of hydrogen-bond acceptors (Lipinski definition) is 7. The molecule has 0 unspecified atom stereocenters. The SMILES string of the molecule is C=CC(=O)N1CCC[C@@H](Oc2nc(Nc3ccc(OC)nc3)ncc2F)C1. The number of piperidine rings is 1. The fraction of sp³-hybridized carbons (Fsp3) is 0.333. The Kier molecular flexibility index (Phi) is 5.80. The quantitative estimate of drug-likeness (QED) is 0.777. The zero-order valence-corrected chi connectivity index (χ0v) is 14.9. The Morgan fingerprint density at radius 1 is 1.41 bits per heavy atom. The van der Waals surface area contributed by atoms with E-state index in [1.807, 2.05) is 0 Å². The molecule has 1 aliphatic heterocycles. The summed E-state index contributed by atoms with van der Waals surface area (Å²) < 4.78 is 24.8. The van der Waals surface area contributed by atoms with Crippen LogP contribution in [0.25, 0.3) is 0 Å². The van der Waals surface area contributed by atoms with Crippen LogP contribution in [0.1, 0.15) is 12.8 Å². The zero-order valence-electron chi connectivity index (χ0n) is 14.9. The van der Waals surface area contributed by atoms with Gasteiger partial charge in [-0.15, -0.1) is 0 Å². The Labute approximate surface area is 156 Å². The third kappa shape index (κ3) is 4.69. The number of carbonyl (C=O) groups is 1. The maximum atomic E-state index is 14.1. The third-order valence-electron chi connectivity index (χ3n) is 4.06. The molecule has 2 aromatic heterocycles. The molecule has 142 valence electrons. The highest BCUT2D eigenvalue weighted by Gasteiger charge is 2.25.